The van der Waals surface area contributed by atoms with Crippen molar-refractivity contribution in [1.82, 2.24) is 4.98 Å². The molecule has 2 aromatic carbocycles. The van der Waals surface area contributed by atoms with Gasteiger partial charge in [-0.1, -0.05) is 29.8 Å². The summed E-state index contributed by atoms with van der Waals surface area (Å²) in [7, 11) is -3.79. The summed E-state index contributed by atoms with van der Waals surface area (Å²) in [6.07, 6.45) is -4.51. The highest BCUT2D eigenvalue weighted by Crippen LogP contribution is 2.34. The minimum atomic E-state index is -4.51. The smallest absolute Gasteiger partial charge is 0.280 e. The summed E-state index contributed by atoms with van der Waals surface area (Å²) in [6.45, 7) is 1.84. The number of rotatable bonds is 4. The van der Waals surface area contributed by atoms with Crippen LogP contribution in [0, 0.1) is 6.92 Å². The van der Waals surface area contributed by atoms with Gasteiger partial charge in [0.15, 0.2) is 5.01 Å². The fraction of sp³-hybridized carbons (Fsp3) is 0.118. The summed E-state index contributed by atoms with van der Waals surface area (Å²) < 4.78 is 65.3. The van der Waals surface area contributed by atoms with Gasteiger partial charge in [-0.2, -0.15) is 13.2 Å². The Hall–Kier alpha value is -2.39. The van der Waals surface area contributed by atoms with Crippen molar-refractivity contribution >= 4 is 27.0 Å². The lowest BCUT2D eigenvalue weighted by atomic mass is 10.1. The monoisotopic (exact) mass is 398 g/mol. The number of nitrogens with one attached hydrogen (secondary N) is 1. The molecule has 1 aromatic heterocycles. The van der Waals surface area contributed by atoms with E-state index in [1.807, 2.05) is 6.92 Å². The van der Waals surface area contributed by atoms with Gasteiger partial charge in [0.25, 0.3) is 10.0 Å². The van der Waals surface area contributed by atoms with Crippen LogP contribution in [0.2, 0.25) is 0 Å². The lowest BCUT2D eigenvalue weighted by Gasteiger charge is -2.09. The Bertz CT molecular complexity index is 1030. The maximum Gasteiger partial charge on any atom is 0.443 e. The van der Waals surface area contributed by atoms with Crippen LogP contribution in [-0.4, -0.2) is 13.4 Å². The number of benzene rings is 2. The zero-order valence-electron chi connectivity index (χ0n) is 13.4. The van der Waals surface area contributed by atoms with Crippen molar-refractivity contribution in [1.29, 1.82) is 0 Å². The maximum absolute atomic E-state index is 12.7. The van der Waals surface area contributed by atoms with Crippen molar-refractivity contribution in [2.75, 3.05) is 4.72 Å². The van der Waals surface area contributed by atoms with Gasteiger partial charge in [0.1, 0.15) is 0 Å². The third-order valence-electron chi connectivity index (χ3n) is 3.49. The SMILES string of the molecule is Cc1ccc(S(=O)(=O)Nc2cccc(-c3csc(C(F)(F)F)n3)c2)cc1. The van der Waals surface area contributed by atoms with Gasteiger partial charge >= 0.3 is 6.18 Å². The van der Waals surface area contributed by atoms with Gasteiger partial charge in [-0.05, 0) is 31.2 Å². The minimum absolute atomic E-state index is 0.0986. The topological polar surface area (TPSA) is 59.1 Å². The first-order valence-electron chi connectivity index (χ1n) is 7.38. The van der Waals surface area contributed by atoms with Crippen molar-refractivity contribution in [2.45, 2.75) is 18.0 Å². The zero-order valence-corrected chi connectivity index (χ0v) is 15.0. The van der Waals surface area contributed by atoms with Crippen LogP contribution >= 0.6 is 11.3 Å². The van der Waals surface area contributed by atoms with Crippen LogP contribution < -0.4 is 4.72 Å². The molecule has 0 radical (unpaired) electrons. The van der Waals surface area contributed by atoms with Crippen molar-refractivity contribution < 1.29 is 21.6 Å². The summed E-state index contributed by atoms with van der Waals surface area (Å²) >= 11 is 0.494. The van der Waals surface area contributed by atoms with Gasteiger partial charge < -0.3 is 0 Å². The van der Waals surface area contributed by atoms with E-state index in [4.69, 9.17) is 0 Å². The van der Waals surface area contributed by atoms with E-state index in [0.29, 0.717) is 16.9 Å². The van der Waals surface area contributed by atoms with Crippen LogP contribution in [0.25, 0.3) is 11.3 Å². The fourth-order valence-electron chi connectivity index (χ4n) is 2.21. The number of aromatic nitrogens is 1. The number of hydrogen-bond acceptors (Lipinski definition) is 4. The van der Waals surface area contributed by atoms with Crippen LogP contribution in [-0.2, 0) is 16.2 Å². The highest BCUT2D eigenvalue weighted by atomic mass is 32.2. The summed E-state index contributed by atoms with van der Waals surface area (Å²) in [5.41, 5.74) is 1.69. The average Bonchev–Trinajstić information content (AvgIpc) is 3.05. The summed E-state index contributed by atoms with van der Waals surface area (Å²) in [5.74, 6) is 0. The molecule has 0 spiro atoms. The molecule has 136 valence electrons. The number of thiazole rings is 1. The fourth-order valence-corrected chi connectivity index (χ4v) is 3.96. The van der Waals surface area contributed by atoms with Crippen molar-refractivity contribution in [3.8, 4) is 11.3 Å². The molecule has 0 atom stereocenters. The normalized spacial score (nSPS) is 12.2. The van der Waals surface area contributed by atoms with Gasteiger partial charge in [0.2, 0.25) is 0 Å². The predicted molar refractivity (Wildman–Crippen MR) is 94.5 cm³/mol. The largest absolute Gasteiger partial charge is 0.443 e. The highest BCUT2D eigenvalue weighted by Gasteiger charge is 2.34. The molecule has 0 aliphatic heterocycles. The molecular formula is C17H13F3N2O2S2. The van der Waals surface area contributed by atoms with E-state index in [1.54, 1.807) is 24.3 Å². The second-order valence-corrected chi connectivity index (χ2v) is 8.08. The standard InChI is InChI=1S/C17H13F3N2O2S2/c1-11-5-7-14(8-6-11)26(23,24)22-13-4-2-3-12(9-13)15-10-25-16(21-15)17(18,19)20/h2-10,22H,1H3. The van der Waals surface area contributed by atoms with Crippen LogP contribution in [0.5, 0.6) is 0 Å². The molecule has 0 unspecified atom stereocenters. The van der Waals surface area contributed by atoms with Crippen molar-refractivity contribution in [3.05, 3.63) is 64.5 Å². The molecule has 0 amide bonds. The van der Waals surface area contributed by atoms with Gasteiger partial charge in [0, 0.05) is 16.6 Å². The lowest BCUT2D eigenvalue weighted by Crippen LogP contribution is -2.12. The lowest BCUT2D eigenvalue weighted by molar-refractivity contribution is -0.137. The molecule has 3 rings (SSSR count). The van der Waals surface area contributed by atoms with Crippen molar-refractivity contribution in [3.63, 3.8) is 0 Å². The number of anilines is 1. The number of alkyl halides is 3. The third-order valence-corrected chi connectivity index (χ3v) is 5.77. The second kappa shape index (κ2) is 6.73. The second-order valence-electron chi connectivity index (χ2n) is 5.54. The molecule has 4 nitrogen and oxygen atoms in total. The number of aryl methyl sites for hydroxylation is 1. The minimum Gasteiger partial charge on any atom is -0.280 e. The summed E-state index contributed by atoms with van der Waals surface area (Å²) in [5, 5.41) is 0.342. The Kier molecular flexibility index (Phi) is 4.76. The molecule has 1 N–H and O–H groups in total. The number of nitrogens with zero attached hydrogens (tertiary/aromatic N) is 1. The van der Waals surface area contributed by atoms with E-state index in [1.165, 1.54) is 29.6 Å². The Balaban J connectivity index is 1.88. The predicted octanol–water partition coefficient (Wildman–Crippen LogP) is 4.94. The van der Waals surface area contributed by atoms with E-state index in [2.05, 4.69) is 9.71 Å². The summed E-state index contributed by atoms with van der Waals surface area (Å²) in [6, 6.07) is 12.4. The van der Waals surface area contributed by atoms with Crippen LogP contribution in [0.4, 0.5) is 18.9 Å². The van der Waals surface area contributed by atoms with Crippen LogP contribution in [0.15, 0.2) is 58.8 Å². The van der Waals surface area contributed by atoms with E-state index in [9.17, 15) is 21.6 Å². The summed E-state index contributed by atoms with van der Waals surface area (Å²) in [4.78, 5) is 3.67. The van der Waals surface area contributed by atoms with E-state index < -0.39 is 21.2 Å². The third kappa shape index (κ3) is 4.05. The Morgan fingerprint density at radius 1 is 1.08 bits per heavy atom. The average molecular weight is 398 g/mol. The maximum atomic E-state index is 12.7. The molecule has 0 saturated carbocycles. The van der Waals surface area contributed by atoms with Crippen LogP contribution in [0.1, 0.15) is 10.6 Å². The molecule has 0 saturated heterocycles. The molecular weight excluding hydrogens is 385 g/mol. The quantitative estimate of drug-likeness (QED) is 0.677. The number of sulfonamides is 1. The van der Waals surface area contributed by atoms with E-state index in [-0.39, 0.29) is 16.3 Å². The molecule has 3 aromatic rings. The molecule has 0 aliphatic rings. The highest BCUT2D eigenvalue weighted by molar-refractivity contribution is 7.92. The molecule has 9 heteroatoms. The van der Waals surface area contributed by atoms with Crippen LogP contribution in [0.3, 0.4) is 0 Å². The van der Waals surface area contributed by atoms with Gasteiger partial charge in [0.05, 0.1) is 10.6 Å². The first kappa shape index (κ1) is 18.4. The van der Waals surface area contributed by atoms with Gasteiger partial charge in [-0.3, -0.25) is 4.72 Å². The van der Waals surface area contributed by atoms with Gasteiger partial charge in [-0.25, -0.2) is 13.4 Å². The van der Waals surface area contributed by atoms with E-state index >= 15 is 0 Å². The Labute approximate surface area is 152 Å². The molecule has 0 bridgehead atoms. The molecule has 0 fully saturated rings. The molecule has 26 heavy (non-hydrogen) atoms. The first-order valence-corrected chi connectivity index (χ1v) is 9.74. The van der Waals surface area contributed by atoms with Crippen molar-refractivity contribution in [2.24, 2.45) is 0 Å². The van der Waals surface area contributed by atoms with E-state index in [0.717, 1.165) is 5.56 Å². The zero-order chi connectivity index (χ0) is 18.9. The number of halogens is 3. The first-order chi connectivity index (χ1) is 12.1. The molecule has 1 heterocycles. The van der Waals surface area contributed by atoms with Gasteiger partial charge in [-0.15, -0.1) is 11.3 Å². The molecule has 0 aliphatic carbocycles. The Morgan fingerprint density at radius 3 is 2.38 bits per heavy atom. The Morgan fingerprint density at radius 2 is 1.77 bits per heavy atom. The number of hydrogen-bond donors (Lipinski definition) is 1.